The molecule has 8 nitrogen and oxygen atoms in total. The predicted octanol–water partition coefficient (Wildman–Crippen LogP) is 7.23. The fraction of sp³-hybridized carbons (Fsp3) is 0. The molecule has 2 aromatic carbocycles. The van der Waals surface area contributed by atoms with Gasteiger partial charge < -0.3 is 10.1 Å². The number of aromatic amines is 1. The summed E-state index contributed by atoms with van der Waals surface area (Å²) in [5, 5.41) is 24.5. The zero-order valence-corrected chi connectivity index (χ0v) is 20.7. The molecule has 0 fully saturated rings. The molecule has 0 radical (unpaired) electrons. The molecule has 0 aliphatic carbocycles. The number of benzene rings is 2. The monoisotopic (exact) mass is 513 g/mol. The first-order valence-corrected chi connectivity index (χ1v) is 12.8. The number of hydrogen-bond acceptors (Lipinski definition) is 8. The molecule has 0 atom stereocenters. The van der Waals surface area contributed by atoms with Gasteiger partial charge in [-0.2, -0.15) is 5.10 Å². The van der Waals surface area contributed by atoms with E-state index in [0.29, 0.717) is 23.1 Å². The first-order valence-electron chi connectivity index (χ1n) is 11.9. The second kappa shape index (κ2) is 9.38. The van der Waals surface area contributed by atoms with Gasteiger partial charge in [-0.15, -0.1) is 21.5 Å². The van der Waals surface area contributed by atoms with Gasteiger partial charge in [0.05, 0.1) is 11.1 Å². The third-order valence-corrected chi connectivity index (χ3v) is 7.07. The SMILES string of the molecule is c1csc(-c2nnc(Nc3ccc(Oc4ncccc4-c4ccnc5[nH]ncc45)cc3)c3ccccc23)c1. The molecule has 182 valence electrons. The summed E-state index contributed by atoms with van der Waals surface area (Å²) in [6.45, 7) is 0. The largest absolute Gasteiger partial charge is 0.438 e. The van der Waals surface area contributed by atoms with Crippen LogP contribution < -0.4 is 10.1 Å². The van der Waals surface area contributed by atoms with E-state index >= 15 is 0 Å². The van der Waals surface area contributed by atoms with Crippen LogP contribution in [0.15, 0.2) is 103 Å². The number of nitrogens with zero attached hydrogens (tertiary/aromatic N) is 5. The minimum absolute atomic E-state index is 0.503. The Kier molecular flexibility index (Phi) is 5.45. The zero-order valence-electron chi connectivity index (χ0n) is 19.9. The quantitative estimate of drug-likeness (QED) is 0.242. The molecule has 0 amide bonds. The number of anilines is 2. The molecule has 9 heteroatoms. The van der Waals surface area contributed by atoms with E-state index in [1.54, 1.807) is 29.9 Å². The molecule has 7 aromatic rings. The Morgan fingerprint density at radius 2 is 1.63 bits per heavy atom. The van der Waals surface area contributed by atoms with Gasteiger partial charge in [0.1, 0.15) is 11.4 Å². The zero-order chi connectivity index (χ0) is 25.3. The summed E-state index contributed by atoms with van der Waals surface area (Å²) in [4.78, 5) is 9.91. The summed E-state index contributed by atoms with van der Waals surface area (Å²) in [6, 6.07) is 25.7. The molecule has 38 heavy (non-hydrogen) atoms. The minimum atomic E-state index is 0.503. The van der Waals surface area contributed by atoms with Gasteiger partial charge in [0.15, 0.2) is 11.5 Å². The summed E-state index contributed by atoms with van der Waals surface area (Å²) in [5.74, 6) is 1.86. The molecule has 5 aromatic heterocycles. The first kappa shape index (κ1) is 22.1. The van der Waals surface area contributed by atoms with Crippen LogP contribution in [0, 0.1) is 0 Å². The van der Waals surface area contributed by atoms with Gasteiger partial charge in [0.25, 0.3) is 0 Å². The number of thiophene rings is 1. The Morgan fingerprint density at radius 1 is 0.737 bits per heavy atom. The Bertz CT molecular complexity index is 1880. The van der Waals surface area contributed by atoms with Crippen molar-refractivity contribution in [2.75, 3.05) is 5.32 Å². The summed E-state index contributed by atoms with van der Waals surface area (Å²) in [5.41, 5.74) is 4.28. The third-order valence-electron chi connectivity index (χ3n) is 6.19. The molecule has 0 spiro atoms. The maximum absolute atomic E-state index is 6.21. The van der Waals surface area contributed by atoms with E-state index in [2.05, 4.69) is 53.9 Å². The van der Waals surface area contributed by atoms with Crippen LogP contribution in [-0.2, 0) is 0 Å². The van der Waals surface area contributed by atoms with Gasteiger partial charge in [-0.25, -0.2) is 9.97 Å². The number of aromatic nitrogens is 6. The number of fused-ring (bicyclic) bond motifs is 2. The molecule has 0 bridgehead atoms. The fourth-order valence-corrected chi connectivity index (χ4v) is 5.13. The number of H-pyrrole nitrogens is 1. The normalized spacial score (nSPS) is 11.2. The molecular weight excluding hydrogens is 494 g/mol. The summed E-state index contributed by atoms with van der Waals surface area (Å²) in [7, 11) is 0. The van der Waals surface area contributed by atoms with E-state index in [1.807, 2.05) is 66.0 Å². The van der Waals surface area contributed by atoms with Crippen LogP contribution in [0.3, 0.4) is 0 Å². The number of ether oxygens (including phenoxy) is 1. The van der Waals surface area contributed by atoms with Gasteiger partial charge in [0, 0.05) is 45.4 Å². The highest BCUT2D eigenvalue weighted by atomic mass is 32.1. The van der Waals surface area contributed by atoms with E-state index in [4.69, 9.17) is 4.74 Å². The predicted molar refractivity (Wildman–Crippen MR) is 150 cm³/mol. The Hall–Kier alpha value is -5.15. The summed E-state index contributed by atoms with van der Waals surface area (Å²) in [6.07, 6.45) is 5.22. The van der Waals surface area contributed by atoms with Crippen LogP contribution in [0.4, 0.5) is 11.5 Å². The van der Waals surface area contributed by atoms with Gasteiger partial charge >= 0.3 is 0 Å². The van der Waals surface area contributed by atoms with Gasteiger partial charge in [0.2, 0.25) is 5.88 Å². The van der Waals surface area contributed by atoms with E-state index in [0.717, 1.165) is 43.5 Å². The van der Waals surface area contributed by atoms with Crippen LogP contribution in [0.1, 0.15) is 0 Å². The smallest absolute Gasteiger partial charge is 0.227 e. The molecule has 0 aliphatic heterocycles. The van der Waals surface area contributed by atoms with E-state index < -0.39 is 0 Å². The molecule has 0 aliphatic rings. The van der Waals surface area contributed by atoms with Crippen LogP contribution >= 0.6 is 11.3 Å². The van der Waals surface area contributed by atoms with E-state index in [9.17, 15) is 0 Å². The first-order chi connectivity index (χ1) is 18.8. The maximum Gasteiger partial charge on any atom is 0.227 e. The Labute approximate surface area is 221 Å². The Balaban J connectivity index is 1.16. The molecule has 7 rings (SSSR count). The van der Waals surface area contributed by atoms with Crippen molar-refractivity contribution in [2.45, 2.75) is 0 Å². The van der Waals surface area contributed by atoms with Gasteiger partial charge in [-0.05, 0) is 53.9 Å². The maximum atomic E-state index is 6.21. The molecular formula is C29H19N7OS. The Morgan fingerprint density at radius 3 is 2.50 bits per heavy atom. The van der Waals surface area contributed by atoms with E-state index in [1.165, 1.54) is 0 Å². The minimum Gasteiger partial charge on any atom is -0.438 e. The van der Waals surface area contributed by atoms with Crippen molar-refractivity contribution in [1.29, 1.82) is 0 Å². The lowest BCUT2D eigenvalue weighted by Gasteiger charge is -2.12. The van der Waals surface area contributed by atoms with Crippen LogP contribution in [-0.4, -0.2) is 30.4 Å². The average molecular weight is 514 g/mol. The topological polar surface area (TPSA) is 102 Å². The van der Waals surface area contributed by atoms with Gasteiger partial charge in [-0.1, -0.05) is 30.3 Å². The highest BCUT2D eigenvalue weighted by Gasteiger charge is 2.14. The van der Waals surface area contributed by atoms with Crippen LogP contribution in [0.25, 0.3) is 43.5 Å². The van der Waals surface area contributed by atoms with E-state index in [-0.39, 0.29) is 0 Å². The van der Waals surface area contributed by atoms with Crippen LogP contribution in [0.5, 0.6) is 11.6 Å². The third kappa shape index (κ3) is 4.00. The van der Waals surface area contributed by atoms with Crippen molar-refractivity contribution in [1.82, 2.24) is 30.4 Å². The van der Waals surface area contributed by atoms with Crippen molar-refractivity contribution in [3.63, 3.8) is 0 Å². The van der Waals surface area contributed by atoms with Crippen molar-refractivity contribution in [3.8, 4) is 33.3 Å². The van der Waals surface area contributed by atoms with Crippen molar-refractivity contribution in [2.24, 2.45) is 0 Å². The number of pyridine rings is 2. The molecule has 0 saturated carbocycles. The number of nitrogens with one attached hydrogen (secondary N) is 2. The second-order valence-electron chi connectivity index (χ2n) is 8.52. The summed E-state index contributed by atoms with van der Waals surface area (Å²) >= 11 is 1.65. The molecule has 0 unspecified atom stereocenters. The standard InChI is InChI=1S/C29H19N7OS/c1-2-6-22-21(5-1)26(25-8-4-16-38-25)34-36-28(22)33-18-9-11-19(12-10-18)37-29-23(7-3-14-31-29)20-13-15-30-27-24(20)17-32-35-27/h1-17H,(H,33,36)(H,30,32,35). The highest BCUT2D eigenvalue weighted by Crippen LogP contribution is 2.36. The van der Waals surface area contributed by atoms with Gasteiger partial charge in [-0.3, -0.25) is 5.10 Å². The molecule has 5 heterocycles. The average Bonchev–Trinajstić information content (AvgIpc) is 3.67. The van der Waals surface area contributed by atoms with Crippen molar-refractivity contribution >= 4 is 44.6 Å². The lowest BCUT2D eigenvalue weighted by atomic mass is 10.1. The number of hydrogen-bond donors (Lipinski definition) is 2. The van der Waals surface area contributed by atoms with Crippen molar-refractivity contribution in [3.05, 3.63) is 103 Å². The highest BCUT2D eigenvalue weighted by molar-refractivity contribution is 7.13. The van der Waals surface area contributed by atoms with Crippen molar-refractivity contribution < 1.29 is 4.74 Å². The summed E-state index contributed by atoms with van der Waals surface area (Å²) < 4.78 is 6.21. The van der Waals surface area contributed by atoms with Crippen LogP contribution in [0.2, 0.25) is 0 Å². The second-order valence-corrected chi connectivity index (χ2v) is 9.47. The lowest BCUT2D eigenvalue weighted by molar-refractivity contribution is 0.465. The molecule has 2 N–H and O–H groups in total. The fourth-order valence-electron chi connectivity index (χ4n) is 4.41. The molecule has 0 saturated heterocycles. The number of rotatable bonds is 6. The lowest BCUT2D eigenvalue weighted by Crippen LogP contribution is -1.99.